The first-order chi connectivity index (χ1) is 21.8. The van der Waals surface area contributed by atoms with Crippen LogP contribution >= 0.6 is 7.60 Å². The SMILES string of the molecule is O=C(OCOP(=O)(O)c1nc2ccccc2n([C@@H]2CCC3CC[C@H](C2)N([C@]24C[C@@H]5CC6[C@@H](C[C@@]62C5)C4)C3)c1=O)c1ccccc1. The smallest absolute Gasteiger partial charge is 0.385 e. The topological polar surface area (TPSA) is 111 Å². The van der Waals surface area contributed by atoms with Gasteiger partial charge in [-0.2, -0.15) is 0 Å². The van der Waals surface area contributed by atoms with Gasteiger partial charge in [0.25, 0.3) is 5.56 Å². The minimum absolute atomic E-state index is 0.115. The molecule has 1 aromatic heterocycles. The highest BCUT2D eigenvalue weighted by molar-refractivity contribution is 7.60. The van der Waals surface area contributed by atoms with E-state index < -0.39 is 31.4 Å². The fraction of sp³-hybridized carbons (Fsp3) is 0.571. The molecule has 8 aliphatic rings. The van der Waals surface area contributed by atoms with E-state index in [-0.39, 0.29) is 6.04 Å². The number of ether oxygens (including phenoxy) is 1. The molecule has 3 unspecified atom stereocenters. The summed E-state index contributed by atoms with van der Waals surface area (Å²) >= 11 is 0. The minimum atomic E-state index is -4.73. The van der Waals surface area contributed by atoms with Gasteiger partial charge >= 0.3 is 13.6 Å². The molecule has 2 aromatic carbocycles. The molecule has 5 bridgehead atoms. The lowest BCUT2D eigenvalue weighted by molar-refractivity contribution is -0.0965. The van der Waals surface area contributed by atoms with Crippen LogP contribution in [0.1, 0.15) is 80.6 Å². The average Bonchev–Trinajstić information content (AvgIpc) is 3.66. The van der Waals surface area contributed by atoms with Crippen molar-refractivity contribution in [3.05, 3.63) is 70.5 Å². The first-order valence-electron chi connectivity index (χ1n) is 16.8. The van der Waals surface area contributed by atoms with Gasteiger partial charge in [-0.25, -0.2) is 9.78 Å². The summed E-state index contributed by atoms with van der Waals surface area (Å²) in [5.41, 5.74) is 1.21. The molecule has 2 aliphatic heterocycles. The molecule has 11 rings (SSSR count). The molecule has 9 atom stereocenters. The zero-order valence-corrected chi connectivity index (χ0v) is 26.3. The van der Waals surface area contributed by atoms with Gasteiger partial charge in [0.2, 0.25) is 12.2 Å². The van der Waals surface area contributed by atoms with Crippen molar-refractivity contribution in [2.75, 3.05) is 13.3 Å². The Morgan fingerprint density at radius 1 is 0.933 bits per heavy atom. The zero-order valence-electron chi connectivity index (χ0n) is 25.4. The van der Waals surface area contributed by atoms with Gasteiger partial charge in [0.05, 0.1) is 16.6 Å². The molecule has 1 spiro atoms. The Labute approximate surface area is 262 Å². The number of hydrogen-bond donors (Lipinski definition) is 1. The Morgan fingerprint density at radius 2 is 1.71 bits per heavy atom. The van der Waals surface area contributed by atoms with Crippen LogP contribution in [0.5, 0.6) is 0 Å². The van der Waals surface area contributed by atoms with Crippen LogP contribution in [0.25, 0.3) is 11.0 Å². The third-order valence-electron chi connectivity index (χ3n) is 12.9. The number of piperidine rings is 1. The van der Waals surface area contributed by atoms with Crippen molar-refractivity contribution in [3.63, 3.8) is 0 Å². The molecule has 0 radical (unpaired) electrons. The molecule has 8 fully saturated rings. The molecule has 0 amide bonds. The lowest BCUT2D eigenvalue weighted by Gasteiger charge is -2.59. The predicted octanol–water partition coefficient (Wildman–Crippen LogP) is 5.42. The van der Waals surface area contributed by atoms with E-state index in [4.69, 9.17) is 9.26 Å². The maximum absolute atomic E-state index is 14.2. The molecule has 1 N–H and O–H groups in total. The number of aromatic nitrogens is 2. The van der Waals surface area contributed by atoms with Crippen molar-refractivity contribution < 1.29 is 23.5 Å². The van der Waals surface area contributed by atoms with E-state index in [0.717, 1.165) is 43.4 Å². The summed E-state index contributed by atoms with van der Waals surface area (Å²) < 4.78 is 25.6. The number of carbonyl (C=O) groups excluding carboxylic acids is 1. The van der Waals surface area contributed by atoms with Crippen molar-refractivity contribution in [3.8, 4) is 0 Å². The number of esters is 1. The fourth-order valence-electron chi connectivity index (χ4n) is 11.4. The molecule has 45 heavy (non-hydrogen) atoms. The molecule has 2 saturated heterocycles. The maximum Gasteiger partial charge on any atom is 0.385 e. The van der Waals surface area contributed by atoms with Gasteiger partial charge in [0.15, 0.2) is 0 Å². The van der Waals surface area contributed by atoms with Crippen LogP contribution in [0.15, 0.2) is 59.4 Å². The summed E-state index contributed by atoms with van der Waals surface area (Å²) in [6.45, 7) is 0.411. The molecule has 3 aromatic rings. The second kappa shape index (κ2) is 10.1. The molecule has 6 saturated carbocycles. The van der Waals surface area contributed by atoms with Crippen molar-refractivity contribution in [1.82, 2.24) is 14.5 Å². The molecular weight excluding hydrogens is 589 g/mol. The molecule has 6 aliphatic carbocycles. The van der Waals surface area contributed by atoms with E-state index in [1.54, 1.807) is 41.0 Å². The minimum Gasteiger partial charge on any atom is -0.434 e. The summed E-state index contributed by atoms with van der Waals surface area (Å²) in [6, 6.07) is 16.0. The Hall–Kier alpha value is -2.84. The summed E-state index contributed by atoms with van der Waals surface area (Å²) in [4.78, 5) is 45.0. The number of nitrogens with zero attached hydrogens (tertiary/aromatic N) is 3. The highest BCUT2D eigenvalue weighted by Gasteiger charge is 2.80. The molecule has 10 heteroatoms. The highest BCUT2D eigenvalue weighted by Crippen LogP contribution is 2.83. The molecule has 236 valence electrons. The third kappa shape index (κ3) is 4.09. The first-order valence-corrected chi connectivity index (χ1v) is 18.3. The number of fused-ring (bicyclic) bond motifs is 7. The van der Waals surface area contributed by atoms with Crippen LogP contribution in [0.2, 0.25) is 0 Å². The third-order valence-corrected chi connectivity index (χ3v) is 14.2. The summed E-state index contributed by atoms with van der Waals surface area (Å²) in [6.07, 6.45) is 12.2. The zero-order chi connectivity index (χ0) is 30.6. The Morgan fingerprint density at radius 3 is 2.56 bits per heavy atom. The largest absolute Gasteiger partial charge is 0.434 e. The second-order valence-corrected chi connectivity index (χ2v) is 16.6. The maximum atomic E-state index is 14.2. The van der Waals surface area contributed by atoms with Crippen molar-refractivity contribution in [1.29, 1.82) is 0 Å². The number of para-hydroxylation sites is 2. The predicted molar refractivity (Wildman–Crippen MR) is 168 cm³/mol. The number of hydrogen-bond acceptors (Lipinski definition) is 7. The standard InChI is InChI=1S/C35H40N3O6P/c39-32-31(45(41,42)44-21-43-33(40)24-6-2-1-3-7-24)36-29-8-4-5-9-30(29)38(32)27-13-11-22-10-12-26(15-27)37(20-22)35-17-23-14-28-25(19-35)18-34(28,35)16-23/h1-9,22-23,25-28H,10-21H2,(H,41,42)/t22?,23-,25+,26-,27-,28?,34+,35+/m1/s1. The number of benzene rings is 2. The van der Waals surface area contributed by atoms with Gasteiger partial charge in [-0.1, -0.05) is 30.3 Å². The van der Waals surface area contributed by atoms with Gasteiger partial charge in [0.1, 0.15) is 0 Å². The van der Waals surface area contributed by atoms with Gasteiger partial charge in [-0.05, 0) is 118 Å². The monoisotopic (exact) mass is 629 g/mol. The molecular formula is C35H40N3O6P. The van der Waals surface area contributed by atoms with E-state index in [2.05, 4.69) is 9.88 Å². The van der Waals surface area contributed by atoms with Gasteiger partial charge in [-0.15, -0.1) is 0 Å². The highest BCUT2D eigenvalue weighted by atomic mass is 31.2. The van der Waals surface area contributed by atoms with Crippen molar-refractivity contribution in [2.45, 2.75) is 81.8 Å². The van der Waals surface area contributed by atoms with Gasteiger partial charge < -0.3 is 14.2 Å². The summed E-state index contributed by atoms with van der Waals surface area (Å²) in [7, 11) is -4.73. The van der Waals surface area contributed by atoms with Crippen LogP contribution < -0.4 is 11.0 Å². The summed E-state index contributed by atoms with van der Waals surface area (Å²) in [5, 5.41) is 0. The summed E-state index contributed by atoms with van der Waals surface area (Å²) in [5.74, 6) is 2.67. The van der Waals surface area contributed by atoms with Crippen LogP contribution in [-0.4, -0.2) is 50.2 Å². The van der Waals surface area contributed by atoms with Crippen LogP contribution in [0.4, 0.5) is 0 Å². The second-order valence-electron chi connectivity index (χ2n) is 14.9. The van der Waals surface area contributed by atoms with E-state index in [1.165, 1.54) is 45.1 Å². The lowest BCUT2D eigenvalue weighted by Crippen LogP contribution is -2.63. The Balaban J connectivity index is 1.03. The van der Waals surface area contributed by atoms with Crippen LogP contribution in [-0.2, 0) is 13.8 Å². The van der Waals surface area contributed by atoms with Gasteiger partial charge in [-0.3, -0.25) is 18.8 Å². The lowest BCUT2D eigenvalue weighted by atomic mass is 9.57. The normalized spacial score (nSPS) is 37.6. The number of carbonyl (C=O) groups is 1. The van der Waals surface area contributed by atoms with E-state index >= 15 is 0 Å². The molecule has 9 nitrogen and oxygen atoms in total. The van der Waals surface area contributed by atoms with Gasteiger partial charge in [0, 0.05) is 24.2 Å². The number of rotatable bonds is 7. The van der Waals surface area contributed by atoms with Crippen molar-refractivity contribution >= 4 is 30.0 Å². The first kappa shape index (κ1) is 28.4. The molecule has 3 heterocycles. The van der Waals surface area contributed by atoms with Crippen molar-refractivity contribution in [2.24, 2.45) is 29.1 Å². The van der Waals surface area contributed by atoms with Crippen LogP contribution in [0, 0.1) is 29.1 Å². The quantitative estimate of drug-likeness (QED) is 0.210. The van der Waals surface area contributed by atoms with E-state index in [9.17, 15) is 19.0 Å². The Kier molecular flexibility index (Phi) is 6.36. The fourth-order valence-corrected chi connectivity index (χ4v) is 12.3. The van der Waals surface area contributed by atoms with E-state index in [1.807, 2.05) is 18.2 Å². The Bertz CT molecular complexity index is 1790. The van der Waals surface area contributed by atoms with Crippen LogP contribution in [0.3, 0.4) is 0 Å². The average molecular weight is 630 g/mol. The van der Waals surface area contributed by atoms with E-state index in [0.29, 0.717) is 39.5 Å².